The average molecular weight is 273 g/mol. The van der Waals surface area contributed by atoms with Crippen molar-refractivity contribution in [3.05, 3.63) is 0 Å². The number of hydrogen-bond acceptors (Lipinski definition) is 4. The number of piperidine rings is 1. The Bertz CT molecular complexity index is 302. The van der Waals surface area contributed by atoms with Crippen molar-refractivity contribution in [2.24, 2.45) is 5.73 Å². The Labute approximate surface area is 114 Å². The molecule has 0 unspecified atom stereocenters. The summed E-state index contributed by atoms with van der Waals surface area (Å²) in [4.78, 5) is 14.5. The van der Waals surface area contributed by atoms with Crippen molar-refractivity contribution in [3.8, 4) is 0 Å². The highest BCUT2D eigenvalue weighted by Crippen LogP contribution is 2.22. The number of carbonyl (C=O) groups is 1. The standard InChI is InChI=1S/C12H23N3O2S/c1-15-7-5-12(6-8-15,11(13)18)14-10(16)4-3-9-17-2/h3-9H2,1-2H3,(H2,13,18)(H,14,16). The molecule has 1 saturated heterocycles. The molecule has 0 atom stereocenters. The second-order valence-electron chi connectivity index (χ2n) is 4.89. The molecule has 0 spiro atoms. The van der Waals surface area contributed by atoms with Crippen LogP contribution in [0.4, 0.5) is 0 Å². The number of carbonyl (C=O) groups excluding carboxylic acids is 1. The maximum absolute atomic E-state index is 11.9. The number of nitrogens with one attached hydrogen (secondary N) is 1. The fraction of sp³-hybridized carbons (Fsp3) is 0.833. The van der Waals surface area contributed by atoms with Crippen molar-refractivity contribution in [1.29, 1.82) is 0 Å². The fourth-order valence-electron chi connectivity index (χ4n) is 2.14. The van der Waals surface area contributed by atoms with Gasteiger partial charge in [-0.1, -0.05) is 12.2 Å². The van der Waals surface area contributed by atoms with E-state index in [1.165, 1.54) is 0 Å². The summed E-state index contributed by atoms with van der Waals surface area (Å²) in [6.07, 6.45) is 2.74. The first-order valence-electron chi connectivity index (χ1n) is 6.28. The van der Waals surface area contributed by atoms with Crippen LogP contribution in [-0.2, 0) is 9.53 Å². The summed E-state index contributed by atoms with van der Waals surface area (Å²) < 4.78 is 4.93. The summed E-state index contributed by atoms with van der Waals surface area (Å²) in [5.41, 5.74) is 5.33. The summed E-state index contributed by atoms with van der Waals surface area (Å²) in [6, 6.07) is 0. The van der Waals surface area contributed by atoms with Gasteiger partial charge in [-0.3, -0.25) is 4.79 Å². The molecule has 1 heterocycles. The molecule has 1 aliphatic rings. The topological polar surface area (TPSA) is 67.6 Å². The normalized spacial score (nSPS) is 19.4. The molecule has 0 aliphatic carbocycles. The minimum atomic E-state index is -0.494. The first-order chi connectivity index (χ1) is 8.50. The second kappa shape index (κ2) is 7.01. The van der Waals surface area contributed by atoms with Crippen LogP contribution in [0.2, 0.25) is 0 Å². The highest BCUT2D eigenvalue weighted by atomic mass is 32.1. The van der Waals surface area contributed by atoms with E-state index in [4.69, 9.17) is 22.7 Å². The van der Waals surface area contributed by atoms with Gasteiger partial charge in [0.1, 0.15) is 0 Å². The summed E-state index contributed by atoms with van der Waals surface area (Å²) in [6.45, 7) is 2.39. The molecule has 0 aromatic carbocycles. The lowest BCUT2D eigenvalue weighted by Crippen LogP contribution is -2.61. The maximum atomic E-state index is 11.9. The van der Waals surface area contributed by atoms with Crippen LogP contribution >= 0.6 is 12.2 Å². The van der Waals surface area contributed by atoms with E-state index in [1.54, 1.807) is 7.11 Å². The summed E-state index contributed by atoms with van der Waals surface area (Å²) in [5, 5.41) is 3.02. The van der Waals surface area contributed by atoms with Crippen molar-refractivity contribution in [3.63, 3.8) is 0 Å². The number of nitrogens with two attached hydrogens (primary N) is 1. The summed E-state index contributed by atoms with van der Waals surface area (Å²) in [7, 11) is 3.69. The molecule has 1 fully saturated rings. The van der Waals surface area contributed by atoms with Gasteiger partial charge in [0.15, 0.2) is 0 Å². The van der Waals surface area contributed by atoms with Crippen molar-refractivity contribution < 1.29 is 9.53 Å². The molecule has 1 amide bonds. The second-order valence-corrected chi connectivity index (χ2v) is 5.33. The van der Waals surface area contributed by atoms with Crippen LogP contribution in [0.15, 0.2) is 0 Å². The van der Waals surface area contributed by atoms with E-state index in [9.17, 15) is 4.79 Å². The van der Waals surface area contributed by atoms with Crippen molar-refractivity contribution in [2.75, 3.05) is 33.9 Å². The van der Waals surface area contributed by atoms with Gasteiger partial charge in [0, 0.05) is 33.2 Å². The van der Waals surface area contributed by atoms with Gasteiger partial charge in [0.2, 0.25) is 5.91 Å². The van der Waals surface area contributed by atoms with Gasteiger partial charge in [-0.15, -0.1) is 0 Å². The molecule has 104 valence electrons. The Morgan fingerprint density at radius 1 is 1.50 bits per heavy atom. The van der Waals surface area contributed by atoms with E-state index in [1.807, 2.05) is 0 Å². The number of thiocarbonyl (C=S) groups is 1. The van der Waals surface area contributed by atoms with Crippen LogP contribution in [0.1, 0.15) is 25.7 Å². The molecule has 0 saturated carbocycles. The Morgan fingerprint density at radius 3 is 2.61 bits per heavy atom. The van der Waals surface area contributed by atoms with Crippen molar-refractivity contribution >= 4 is 23.1 Å². The van der Waals surface area contributed by atoms with E-state index in [0.717, 1.165) is 32.4 Å². The van der Waals surface area contributed by atoms with E-state index in [2.05, 4.69) is 17.3 Å². The summed E-state index contributed by atoms with van der Waals surface area (Å²) in [5.74, 6) is 0.00408. The molecule has 0 bridgehead atoms. The molecule has 0 aromatic rings. The highest BCUT2D eigenvalue weighted by Gasteiger charge is 2.37. The number of hydrogen-bond donors (Lipinski definition) is 2. The van der Waals surface area contributed by atoms with E-state index < -0.39 is 5.54 Å². The number of nitrogens with zero attached hydrogens (tertiary/aromatic N) is 1. The van der Waals surface area contributed by atoms with Gasteiger partial charge in [0.25, 0.3) is 0 Å². The molecule has 3 N–H and O–H groups in total. The fourth-order valence-corrected chi connectivity index (χ4v) is 2.39. The Kier molecular flexibility index (Phi) is 5.98. The van der Waals surface area contributed by atoms with Crippen molar-refractivity contribution in [2.45, 2.75) is 31.2 Å². The number of methoxy groups -OCH3 is 1. The number of rotatable bonds is 6. The molecule has 0 radical (unpaired) electrons. The van der Waals surface area contributed by atoms with Crippen LogP contribution in [0.3, 0.4) is 0 Å². The van der Waals surface area contributed by atoms with Crippen LogP contribution in [0.25, 0.3) is 0 Å². The zero-order valence-corrected chi connectivity index (χ0v) is 12.0. The Balaban J connectivity index is 2.52. The van der Waals surface area contributed by atoms with E-state index >= 15 is 0 Å². The number of likely N-dealkylation sites (tertiary alicyclic amines) is 1. The predicted molar refractivity (Wildman–Crippen MR) is 75.5 cm³/mol. The Hall–Kier alpha value is -0.720. The first-order valence-corrected chi connectivity index (χ1v) is 6.69. The van der Waals surface area contributed by atoms with Gasteiger partial charge >= 0.3 is 0 Å². The van der Waals surface area contributed by atoms with Gasteiger partial charge in [-0.05, 0) is 26.3 Å². The summed E-state index contributed by atoms with van der Waals surface area (Å²) >= 11 is 5.14. The van der Waals surface area contributed by atoms with Crippen molar-refractivity contribution in [1.82, 2.24) is 10.2 Å². The van der Waals surface area contributed by atoms with Crippen LogP contribution in [0, 0.1) is 0 Å². The molecule has 1 rings (SSSR count). The smallest absolute Gasteiger partial charge is 0.220 e. The third-order valence-corrected chi connectivity index (χ3v) is 3.83. The lowest BCUT2D eigenvalue weighted by molar-refractivity contribution is -0.123. The molecule has 5 nitrogen and oxygen atoms in total. The predicted octanol–water partition coefficient (Wildman–Crippen LogP) is 0.280. The highest BCUT2D eigenvalue weighted by molar-refractivity contribution is 7.80. The average Bonchev–Trinajstić information content (AvgIpc) is 2.32. The molecule has 0 aromatic heterocycles. The molecular formula is C12H23N3O2S. The SMILES string of the molecule is COCCCC(=O)NC1(C(N)=S)CCN(C)CC1. The minimum Gasteiger partial charge on any atom is -0.391 e. The quantitative estimate of drug-likeness (QED) is 0.537. The molecule has 18 heavy (non-hydrogen) atoms. The van der Waals surface area contributed by atoms with Crippen LogP contribution in [0.5, 0.6) is 0 Å². The van der Waals surface area contributed by atoms with Gasteiger partial charge in [0.05, 0.1) is 10.5 Å². The van der Waals surface area contributed by atoms with E-state index in [-0.39, 0.29) is 5.91 Å². The monoisotopic (exact) mass is 273 g/mol. The third-order valence-electron chi connectivity index (χ3n) is 3.44. The lowest BCUT2D eigenvalue weighted by atomic mass is 9.87. The van der Waals surface area contributed by atoms with Gasteiger partial charge < -0.3 is 20.7 Å². The van der Waals surface area contributed by atoms with Crippen LogP contribution < -0.4 is 11.1 Å². The first kappa shape index (κ1) is 15.3. The molecule has 6 heteroatoms. The molecular weight excluding hydrogens is 250 g/mol. The van der Waals surface area contributed by atoms with Gasteiger partial charge in [-0.2, -0.15) is 0 Å². The minimum absolute atomic E-state index is 0.00408. The number of ether oxygens (including phenoxy) is 1. The third kappa shape index (κ3) is 4.19. The zero-order chi connectivity index (χ0) is 13.6. The number of amides is 1. The Morgan fingerprint density at radius 2 is 2.11 bits per heavy atom. The zero-order valence-electron chi connectivity index (χ0n) is 11.2. The molecule has 1 aliphatic heterocycles. The van der Waals surface area contributed by atoms with Gasteiger partial charge in [-0.25, -0.2) is 0 Å². The lowest BCUT2D eigenvalue weighted by Gasteiger charge is -2.40. The van der Waals surface area contributed by atoms with E-state index in [0.29, 0.717) is 18.0 Å². The largest absolute Gasteiger partial charge is 0.391 e. The maximum Gasteiger partial charge on any atom is 0.220 e. The van der Waals surface area contributed by atoms with Crippen LogP contribution in [-0.4, -0.2) is 55.2 Å².